The number of benzene rings is 1. The van der Waals surface area contributed by atoms with Crippen molar-refractivity contribution >= 4 is 28.8 Å². The summed E-state index contributed by atoms with van der Waals surface area (Å²) in [4.78, 5) is 5.76. The maximum absolute atomic E-state index is 12.7. The molecule has 21 heavy (non-hydrogen) atoms. The third-order valence-corrected chi connectivity index (χ3v) is 2.97. The monoisotopic (exact) mass is 315 g/mol. The van der Waals surface area contributed by atoms with Crippen molar-refractivity contribution in [2.24, 2.45) is 0 Å². The Labute approximate surface area is 125 Å². The Kier molecular flexibility index (Phi) is 4.27. The Morgan fingerprint density at radius 1 is 1.10 bits per heavy atom. The fourth-order valence-electron chi connectivity index (χ4n) is 1.72. The Hall–Kier alpha value is -1.95. The summed E-state index contributed by atoms with van der Waals surface area (Å²) in [6, 6.07) is 8.92. The van der Waals surface area contributed by atoms with Crippen molar-refractivity contribution < 1.29 is 13.2 Å². The lowest BCUT2D eigenvalue weighted by molar-refractivity contribution is -0.137. The van der Waals surface area contributed by atoms with Crippen LogP contribution >= 0.6 is 11.6 Å². The van der Waals surface area contributed by atoms with E-state index < -0.39 is 11.7 Å². The van der Waals surface area contributed by atoms with Gasteiger partial charge in [0.15, 0.2) is 0 Å². The molecule has 0 saturated heterocycles. The van der Waals surface area contributed by atoms with Crippen LogP contribution in [0.15, 0.2) is 36.4 Å². The van der Waals surface area contributed by atoms with Crippen LogP contribution in [0.5, 0.6) is 0 Å². The van der Waals surface area contributed by atoms with Crippen molar-refractivity contribution in [3.63, 3.8) is 0 Å². The highest BCUT2D eigenvalue weighted by atomic mass is 35.5. The van der Waals surface area contributed by atoms with Gasteiger partial charge in [-0.1, -0.05) is 11.6 Å². The number of alkyl halides is 3. The zero-order valence-corrected chi connectivity index (χ0v) is 12.1. The second-order valence-corrected chi connectivity index (χ2v) is 5.02. The van der Waals surface area contributed by atoms with E-state index in [1.807, 2.05) is 31.1 Å². The van der Waals surface area contributed by atoms with E-state index in [1.165, 1.54) is 0 Å². The van der Waals surface area contributed by atoms with Gasteiger partial charge in [0.2, 0.25) is 0 Å². The van der Waals surface area contributed by atoms with Gasteiger partial charge >= 0.3 is 6.18 Å². The van der Waals surface area contributed by atoms with E-state index in [0.29, 0.717) is 5.69 Å². The highest BCUT2D eigenvalue weighted by Crippen LogP contribution is 2.32. The number of rotatable bonds is 3. The van der Waals surface area contributed by atoms with Gasteiger partial charge in [-0.2, -0.15) is 13.2 Å². The zero-order valence-electron chi connectivity index (χ0n) is 11.4. The van der Waals surface area contributed by atoms with Gasteiger partial charge in [0.05, 0.1) is 5.56 Å². The maximum Gasteiger partial charge on any atom is 0.416 e. The van der Waals surface area contributed by atoms with Gasteiger partial charge < -0.3 is 10.2 Å². The number of pyridine rings is 1. The highest BCUT2D eigenvalue weighted by molar-refractivity contribution is 6.29. The fraction of sp³-hybridized carbons (Fsp3) is 0.214. The predicted octanol–water partition coefficient (Wildman–Crippen LogP) is 4.56. The lowest BCUT2D eigenvalue weighted by atomic mass is 10.2. The topological polar surface area (TPSA) is 28.2 Å². The van der Waals surface area contributed by atoms with Crippen molar-refractivity contribution in [3.8, 4) is 0 Å². The van der Waals surface area contributed by atoms with Crippen LogP contribution in [0.4, 0.5) is 30.4 Å². The highest BCUT2D eigenvalue weighted by Gasteiger charge is 2.31. The second kappa shape index (κ2) is 5.81. The number of anilines is 3. The Bertz CT molecular complexity index is 624. The quantitative estimate of drug-likeness (QED) is 0.841. The predicted molar refractivity (Wildman–Crippen MR) is 78.3 cm³/mol. The van der Waals surface area contributed by atoms with Gasteiger partial charge in [-0.05, 0) is 36.4 Å². The molecule has 0 aliphatic heterocycles. The molecule has 3 nitrogen and oxygen atoms in total. The molecule has 0 unspecified atom stereocenters. The molecular formula is C14H13ClF3N3. The van der Waals surface area contributed by atoms with Gasteiger partial charge in [-0.25, -0.2) is 4.98 Å². The van der Waals surface area contributed by atoms with Gasteiger partial charge in [0.1, 0.15) is 11.0 Å². The number of aromatic nitrogens is 1. The lowest BCUT2D eigenvalue weighted by Crippen LogP contribution is -2.08. The molecule has 0 saturated carbocycles. The van der Waals surface area contributed by atoms with Crippen LogP contribution < -0.4 is 10.2 Å². The maximum atomic E-state index is 12.7. The molecule has 0 amide bonds. The van der Waals surface area contributed by atoms with Gasteiger partial charge in [-0.15, -0.1) is 0 Å². The average molecular weight is 316 g/mol. The summed E-state index contributed by atoms with van der Waals surface area (Å²) in [6.07, 6.45) is -4.46. The molecule has 7 heteroatoms. The number of hydrogen-bond acceptors (Lipinski definition) is 3. The molecule has 0 fully saturated rings. The Morgan fingerprint density at radius 3 is 2.24 bits per heavy atom. The first-order valence-corrected chi connectivity index (χ1v) is 6.43. The van der Waals surface area contributed by atoms with Crippen LogP contribution in [-0.2, 0) is 6.18 Å². The van der Waals surface area contributed by atoms with Gasteiger partial charge in [-0.3, -0.25) is 0 Å². The van der Waals surface area contributed by atoms with E-state index in [4.69, 9.17) is 11.6 Å². The summed E-state index contributed by atoms with van der Waals surface area (Å²) >= 11 is 5.63. The van der Waals surface area contributed by atoms with E-state index in [0.717, 1.165) is 17.8 Å². The minimum absolute atomic E-state index is 0.0485. The van der Waals surface area contributed by atoms with Crippen LogP contribution in [0.2, 0.25) is 5.15 Å². The van der Waals surface area contributed by atoms with E-state index in [-0.39, 0.29) is 11.0 Å². The van der Waals surface area contributed by atoms with E-state index in [1.54, 1.807) is 12.1 Å². The number of nitrogens with zero attached hydrogens (tertiary/aromatic N) is 2. The first-order chi connectivity index (χ1) is 9.75. The van der Waals surface area contributed by atoms with Crippen LogP contribution in [0.3, 0.4) is 0 Å². The summed E-state index contributed by atoms with van der Waals surface area (Å²) < 4.78 is 38.1. The minimum atomic E-state index is -4.46. The van der Waals surface area contributed by atoms with Crippen molar-refractivity contribution in [1.29, 1.82) is 0 Å². The third-order valence-electron chi connectivity index (χ3n) is 2.78. The molecule has 0 spiro atoms. The summed E-state index contributed by atoms with van der Waals surface area (Å²) in [5, 5.41) is 2.60. The second-order valence-electron chi connectivity index (χ2n) is 4.63. The SMILES string of the molecule is CN(C)c1ccc(Nc2cc(C(F)(F)F)cc(Cl)n2)cc1. The van der Waals surface area contributed by atoms with E-state index >= 15 is 0 Å². The third kappa shape index (κ3) is 4.01. The smallest absolute Gasteiger partial charge is 0.378 e. The summed E-state index contributed by atoms with van der Waals surface area (Å²) in [5.74, 6) is 0.0485. The van der Waals surface area contributed by atoms with Crippen molar-refractivity contribution in [1.82, 2.24) is 4.98 Å². The molecule has 2 aromatic rings. The zero-order chi connectivity index (χ0) is 15.6. The molecule has 1 heterocycles. The van der Waals surface area contributed by atoms with Crippen LogP contribution in [0, 0.1) is 0 Å². The molecule has 1 N–H and O–H groups in total. The summed E-state index contributed by atoms with van der Waals surface area (Å²) in [7, 11) is 3.80. The lowest BCUT2D eigenvalue weighted by Gasteiger charge is -2.14. The summed E-state index contributed by atoms with van der Waals surface area (Å²) in [5.41, 5.74) is 0.772. The van der Waals surface area contributed by atoms with Crippen LogP contribution in [0.25, 0.3) is 0 Å². The molecule has 0 bridgehead atoms. The van der Waals surface area contributed by atoms with E-state index in [9.17, 15) is 13.2 Å². The largest absolute Gasteiger partial charge is 0.416 e. The molecule has 1 aromatic carbocycles. The molecule has 0 atom stereocenters. The molecule has 2 rings (SSSR count). The van der Waals surface area contributed by atoms with Crippen molar-refractivity contribution in [3.05, 3.63) is 47.1 Å². The Morgan fingerprint density at radius 2 is 1.71 bits per heavy atom. The van der Waals surface area contributed by atoms with Crippen molar-refractivity contribution in [2.75, 3.05) is 24.3 Å². The Balaban J connectivity index is 2.25. The number of nitrogens with one attached hydrogen (secondary N) is 1. The fourth-order valence-corrected chi connectivity index (χ4v) is 1.92. The summed E-state index contributed by atoms with van der Waals surface area (Å²) in [6.45, 7) is 0. The molecular weight excluding hydrogens is 303 g/mol. The van der Waals surface area contributed by atoms with Crippen molar-refractivity contribution in [2.45, 2.75) is 6.18 Å². The first kappa shape index (κ1) is 15.4. The number of halogens is 4. The van der Waals surface area contributed by atoms with Crippen LogP contribution in [-0.4, -0.2) is 19.1 Å². The minimum Gasteiger partial charge on any atom is -0.378 e. The van der Waals surface area contributed by atoms with Gasteiger partial charge in [0, 0.05) is 25.5 Å². The number of hydrogen-bond donors (Lipinski definition) is 1. The normalized spacial score (nSPS) is 11.3. The first-order valence-electron chi connectivity index (χ1n) is 6.05. The standard InChI is InChI=1S/C14H13ClF3N3/c1-21(2)11-5-3-10(4-6-11)19-13-8-9(14(16,17)18)7-12(15)20-13/h3-8H,1-2H3,(H,19,20). The molecule has 0 aliphatic rings. The van der Waals surface area contributed by atoms with Gasteiger partial charge in [0.25, 0.3) is 0 Å². The molecule has 112 valence electrons. The average Bonchev–Trinajstić information content (AvgIpc) is 2.37. The van der Waals surface area contributed by atoms with Crippen LogP contribution in [0.1, 0.15) is 5.56 Å². The molecule has 1 aromatic heterocycles. The molecule has 0 aliphatic carbocycles. The van der Waals surface area contributed by atoms with E-state index in [2.05, 4.69) is 10.3 Å². The molecule has 0 radical (unpaired) electrons.